The first-order valence-corrected chi connectivity index (χ1v) is 11.6. The predicted molar refractivity (Wildman–Crippen MR) is 121 cm³/mol. The van der Waals surface area contributed by atoms with Gasteiger partial charge in [-0.1, -0.05) is 12.1 Å². The number of methoxy groups -OCH3 is 1. The number of carbonyl (C=O) groups excluding carboxylic acids is 1. The number of aryl methyl sites for hydroxylation is 1. The van der Waals surface area contributed by atoms with E-state index in [1.807, 2.05) is 28.8 Å². The Hall–Kier alpha value is -2.54. The molecule has 0 radical (unpaired) electrons. The summed E-state index contributed by atoms with van der Waals surface area (Å²) in [4.78, 5) is 20.1. The van der Waals surface area contributed by atoms with Gasteiger partial charge < -0.3 is 14.5 Å². The molecule has 2 saturated heterocycles. The third-order valence-corrected chi connectivity index (χ3v) is 7.28. The number of rotatable bonds is 4. The summed E-state index contributed by atoms with van der Waals surface area (Å²) in [5, 5.41) is 4.67. The summed E-state index contributed by atoms with van der Waals surface area (Å²) >= 11 is 0. The van der Waals surface area contributed by atoms with Crippen LogP contribution in [-0.4, -0.2) is 77.9 Å². The summed E-state index contributed by atoms with van der Waals surface area (Å²) in [5.41, 5.74) is 4.34. The molecule has 166 valence electrons. The number of fused-ring (bicyclic) bond motifs is 1. The first kappa shape index (κ1) is 20.4. The van der Waals surface area contributed by atoms with Crippen molar-refractivity contribution in [3.63, 3.8) is 0 Å². The fraction of sp³-hybridized carbons (Fsp3) is 0.583. The van der Waals surface area contributed by atoms with Crippen LogP contribution >= 0.6 is 0 Å². The molecule has 0 saturated carbocycles. The van der Waals surface area contributed by atoms with Gasteiger partial charge in [-0.05, 0) is 44.2 Å². The molecule has 1 aliphatic carbocycles. The lowest BCUT2D eigenvalue weighted by Gasteiger charge is -2.41. The van der Waals surface area contributed by atoms with Crippen molar-refractivity contribution in [2.75, 3.05) is 51.3 Å². The summed E-state index contributed by atoms with van der Waals surface area (Å²) in [6.07, 6.45) is 5.30. The number of nitrogens with zero attached hydrogens (tertiary/aromatic N) is 5. The molecule has 2 fully saturated rings. The van der Waals surface area contributed by atoms with Crippen molar-refractivity contribution in [2.45, 2.75) is 38.1 Å². The van der Waals surface area contributed by atoms with Gasteiger partial charge in [0.25, 0.3) is 5.91 Å². The smallest absolute Gasteiger partial charge is 0.274 e. The Morgan fingerprint density at radius 3 is 2.55 bits per heavy atom. The van der Waals surface area contributed by atoms with E-state index in [-0.39, 0.29) is 5.91 Å². The van der Waals surface area contributed by atoms with Crippen LogP contribution in [0.15, 0.2) is 24.3 Å². The average molecular weight is 424 g/mol. The topological polar surface area (TPSA) is 53.8 Å². The van der Waals surface area contributed by atoms with E-state index >= 15 is 0 Å². The number of amides is 1. The maximum Gasteiger partial charge on any atom is 0.274 e. The molecule has 1 unspecified atom stereocenters. The second-order valence-corrected chi connectivity index (χ2v) is 8.99. The van der Waals surface area contributed by atoms with Gasteiger partial charge in [0.2, 0.25) is 0 Å². The van der Waals surface area contributed by atoms with Gasteiger partial charge in [-0.2, -0.15) is 5.10 Å². The number of likely N-dealkylation sites (tertiary alicyclic amines) is 1. The van der Waals surface area contributed by atoms with E-state index in [9.17, 15) is 4.79 Å². The fourth-order valence-corrected chi connectivity index (χ4v) is 5.54. The quantitative estimate of drug-likeness (QED) is 0.756. The molecule has 5 rings (SSSR count). The van der Waals surface area contributed by atoms with Crippen molar-refractivity contribution in [3.05, 3.63) is 41.2 Å². The Morgan fingerprint density at radius 2 is 1.81 bits per heavy atom. The minimum Gasteiger partial charge on any atom is -0.495 e. The standard InChI is InChI=1S/C24H33N5O2/c1-26-20-10-9-18(17-19(20)23(25-26)24(30)29-11-5-6-12-29)27-13-15-28(16-14-27)21-7-3-4-8-22(21)31-2/h3-4,7-8,18H,5-6,9-17H2,1-2H3. The molecule has 0 N–H and O–H groups in total. The Labute approximate surface area is 184 Å². The number of hydrogen-bond acceptors (Lipinski definition) is 5. The molecular formula is C24H33N5O2. The number of anilines is 1. The van der Waals surface area contributed by atoms with Gasteiger partial charge in [0.05, 0.1) is 12.8 Å². The highest BCUT2D eigenvalue weighted by molar-refractivity contribution is 5.94. The highest BCUT2D eigenvalue weighted by atomic mass is 16.5. The number of benzene rings is 1. The molecule has 1 aromatic heterocycles. The lowest BCUT2D eigenvalue weighted by molar-refractivity contribution is 0.0784. The minimum atomic E-state index is 0.135. The first-order valence-electron chi connectivity index (χ1n) is 11.6. The maximum atomic E-state index is 13.1. The number of ether oxygens (including phenoxy) is 1. The van der Waals surface area contributed by atoms with Gasteiger partial charge in [0, 0.05) is 63.6 Å². The molecule has 1 amide bonds. The van der Waals surface area contributed by atoms with Crippen molar-refractivity contribution < 1.29 is 9.53 Å². The maximum absolute atomic E-state index is 13.1. The fourth-order valence-electron chi connectivity index (χ4n) is 5.54. The zero-order valence-electron chi connectivity index (χ0n) is 18.7. The Balaban J connectivity index is 1.28. The molecule has 1 aromatic carbocycles. The largest absolute Gasteiger partial charge is 0.495 e. The molecule has 3 aliphatic rings. The number of hydrogen-bond donors (Lipinski definition) is 0. The van der Waals surface area contributed by atoms with E-state index in [0.29, 0.717) is 11.7 Å². The van der Waals surface area contributed by atoms with Crippen LogP contribution in [0.3, 0.4) is 0 Å². The zero-order chi connectivity index (χ0) is 21.4. The molecule has 7 nitrogen and oxygen atoms in total. The minimum absolute atomic E-state index is 0.135. The number of aromatic nitrogens is 2. The highest BCUT2D eigenvalue weighted by Crippen LogP contribution is 2.31. The summed E-state index contributed by atoms with van der Waals surface area (Å²) in [6.45, 7) is 5.81. The molecule has 1 atom stereocenters. The Morgan fingerprint density at radius 1 is 1.06 bits per heavy atom. The summed E-state index contributed by atoms with van der Waals surface area (Å²) in [6, 6.07) is 8.77. The van der Waals surface area contributed by atoms with Crippen LogP contribution in [-0.2, 0) is 19.9 Å². The van der Waals surface area contributed by atoms with Gasteiger partial charge in [-0.25, -0.2) is 0 Å². The molecule has 0 spiro atoms. The third-order valence-electron chi connectivity index (χ3n) is 7.28. The van der Waals surface area contributed by atoms with Crippen molar-refractivity contribution in [1.82, 2.24) is 19.6 Å². The van der Waals surface area contributed by atoms with Crippen molar-refractivity contribution in [1.29, 1.82) is 0 Å². The van der Waals surface area contributed by atoms with Crippen LogP contribution in [0.4, 0.5) is 5.69 Å². The third kappa shape index (κ3) is 3.80. The van der Waals surface area contributed by atoms with Gasteiger partial charge >= 0.3 is 0 Å². The zero-order valence-corrected chi connectivity index (χ0v) is 18.7. The van der Waals surface area contributed by atoms with E-state index < -0.39 is 0 Å². The van der Waals surface area contributed by atoms with E-state index in [1.54, 1.807) is 7.11 Å². The lowest BCUT2D eigenvalue weighted by atomic mass is 9.89. The van der Waals surface area contributed by atoms with Gasteiger partial charge in [-0.3, -0.25) is 14.4 Å². The van der Waals surface area contributed by atoms with Crippen molar-refractivity contribution in [3.8, 4) is 5.75 Å². The van der Waals surface area contributed by atoms with Gasteiger partial charge in [-0.15, -0.1) is 0 Å². The lowest BCUT2D eigenvalue weighted by Crippen LogP contribution is -2.52. The number of carbonyl (C=O) groups is 1. The number of para-hydroxylation sites is 2. The van der Waals surface area contributed by atoms with Crippen LogP contribution in [0.5, 0.6) is 5.75 Å². The average Bonchev–Trinajstić information content (AvgIpc) is 3.47. The van der Waals surface area contributed by atoms with Crippen LogP contribution in [0.25, 0.3) is 0 Å². The van der Waals surface area contributed by atoms with Crippen LogP contribution in [0, 0.1) is 0 Å². The highest BCUT2D eigenvalue weighted by Gasteiger charge is 2.34. The molecule has 0 bridgehead atoms. The normalized spacial score (nSPS) is 21.9. The molecule has 3 heterocycles. The van der Waals surface area contributed by atoms with E-state index in [4.69, 9.17) is 4.74 Å². The summed E-state index contributed by atoms with van der Waals surface area (Å²) in [5.74, 6) is 1.08. The van der Waals surface area contributed by atoms with Crippen LogP contribution in [0.2, 0.25) is 0 Å². The van der Waals surface area contributed by atoms with Gasteiger partial charge in [0.15, 0.2) is 5.69 Å². The van der Waals surface area contributed by atoms with Gasteiger partial charge in [0.1, 0.15) is 5.75 Å². The summed E-state index contributed by atoms with van der Waals surface area (Å²) in [7, 11) is 3.73. The van der Waals surface area contributed by atoms with Crippen molar-refractivity contribution in [2.24, 2.45) is 7.05 Å². The monoisotopic (exact) mass is 423 g/mol. The molecule has 31 heavy (non-hydrogen) atoms. The van der Waals surface area contributed by atoms with E-state index in [1.165, 1.54) is 16.9 Å². The molecule has 7 heteroatoms. The van der Waals surface area contributed by atoms with Crippen LogP contribution in [0.1, 0.15) is 41.0 Å². The summed E-state index contributed by atoms with van der Waals surface area (Å²) < 4.78 is 7.51. The molecule has 2 aromatic rings. The Bertz CT molecular complexity index is 941. The molecular weight excluding hydrogens is 390 g/mol. The predicted octanol–water partition coefficient (Wildman–Crippen LogP) is 2.34. The molecule has 2 aliphatic heterocycles. The second-order valence-electron chi connectivity index (χ2n) is 8.99. The van der Waals surface area contributed by atoms with Crippen molar-refractivity contribution >= 4 is 11.6 Å². The second kappa shape index (κ2) is 8.54. The van der Waals surface area contributed by atoms with E-state index in [2.05, 4.69) is 27.0 Å². The SMILES string of the molecule is COc1ccccc1N1CCN(C2CCc3c(c(C(=O)N4CCCC4)nn3C)C2)CC1. The first-order chi connectivity index (χ1) is 15.2. The van der Waals surface area contributed by atoms with E-state index in [0.717, 1.165) is 77.1 Å². The number of piperazine rings is 1. The Kier molecular flexibility index (Phi) is 5.61. The van der Waals surface area contributed by atoms with Crippen LogP contribution < -0.4 is 9.64 Å².